The fourth-order valence-electron chi connectivity index (χ4n) is 2.53. The predicted octanol–water partition coefficient (Wildman–Crippen LogP) is 3.10. The van der Waals surface area contributed by atoms with Crippen LogP contribution >= 0.6 is 0 Å². The van der Waals surface area contributed by atoms with Gasteiger partial charge in [0.15, 0.2) is 0 Å². The third-order valence-electron chi connectivity index (χ3n) is 3.93. The van der Waals surface area contributed by atoms with Crippen LogP contribution < -0.4 is 5.32 Å². The summed E-state index contributed by atoms with van der Waals surface area (Å²) in [6.45, 7) is 3.73. The van der Waals surface area contributed by atoms with E-state index in [9.17, 15) is 14.3 Å². The number of benzene rings is 2. The van der Waals surface area contributed by atoms with Crippen LogP contribution in [-0.2, 0) is 0 Å². The molecule has 0 aliphatic heterocycles. The van der Waals surface area contributed by atoms with Crippen molar-refractivity contribution in [2.45, 2.75) is 20.0 Å². The van der Waals surface area contributed by atoms with Gasteiger partial charge in [-0.3, -0.25) is 4.79 Å². The molecule has 0 radical (unpaired) electrons. The van der Waals surface area contributed by atoms with E-state index < -0.39 is 6.10 Å². The van der Waals surface area contributed by atoms with Crippen molar-refractivity contribution in [1.29, 1.82) is 0 Å². The number of amides is 1. The second kappa shape index (κ2) is 7.49. The van der Waals surface area contributed by atoms with E-state index in [1.165, 1.54) is 12.1 Å². The van der Waals surface area contributed by atoms with Crippen LogP contribution in [0.15, 0.2) is 54.7 Å². The van der Waals surface area contributed by atoms with Crippen LogP contribution in [0.5, 0.6) is 0 Å². The Bertz CT molecular complexity index is 900. The van der Waals surface area contributed by atoms with Crippen LogP contribution in [0.2, 0.25) is 0 Å². The minimum absolute atomic E-state index is 0.147. The molecule has 134 valence electrons. The number of hydrogen-bond acceptors (Lipinski definition) is 3. The molecule has 0 spiro atoms. The van der Waals surface area contributed by atoms with Gasteiger partial charge < -0.3 is 10.4 Å². The molecule has 6 heteroatoms. The van der Waals surface area contributed by atoms with Gasteiger partial charge in [-0.25, -0.2) is 9.07 Å². The number of nitrogens with one attached hydrogen (secondary N) is 1. The lowest BCUT2D eigenvalue weighted by molar-refractivity contribution is 0.0924. The zero-order valence-corrected chi connectivity index (χ0v) is 14.6. The normalized spacial score (nSPS) is 12.0. The minimum atomic E-state index is -0.645. The fourth-order valence-corrected chi connectivity index (χ4v) is 2.53. The molecule has 0 aliphatic rings. The van der Waals surface area contributed by atoms with Crippen molar-refractivity contribution < 1.29 is 14.3 Å². The first-order chi connectivity index (χ1) is 12.4. The number of carbonyl (C=O) groups excluding carboxylic acids is 1. The van der Waals surface area contributed by atoms with Crippen LogP contribution in [0.3, 0.4) is 0 Å². The van der Waals surface area contributed by atoms with Crippen LogP contribution in [0.4, 0.5) is 4.39 Å². The number of aryl methyl sites for hydroxylation is 1. The second-order valence-corrected chi connectivity index (χ2v) is 6.24. The smallest absolute Gasteiger partial charge is 0.255 e. The third kappa shape index (κ3) is 3.97. The van der Waals surface area contributed by atoms with Gasteiger partial charge in [0.1, 0.15) is 11.5 Å². The Balaban J connectivity index is 2.03. The van der Waals surface area contributed by atoms with Gasteiger partial charge in [0.25, 0.3) is 5.91 Å². The Morgan fingerprint density at radius 3 is 2.46 bits per heavy atom. The van der Waals surface area contributed by atoms with E-state index in [1.807, 2.05) is 31.2 Å². The lowest BCUT2D eigenvalue weighted by atomic mass is 10.1. The number of carbonyl (C=O) groups is 1. The summed E-state index contributed by atoms with van der Waals surface area (Å²) in [5.41, 5.74) is 3.47. The highest BCUT2D eigenvalue weighted by Crippen LogP contribution is 2.24. The van der Waals surface area contributed by atoms with Gasteiger partial charge in [-0.15, -0.1) is 0 Å². The van der Waals surface area contributed by atoms with Gasteiger partial charge in [0.2, 0.25) is 0 Å². The van der Waals surface area contributed by atoms with Crippen molar-refractivity contribution in [2.75, 3.05) is 6.54 Å². The van der Waals surface area contributed by atoms with Crippen molar-refractivity contribution in [3.05, 3.63) is 71.7 Å². The molecule has 0 fully saturated rings. The Labute approximate surface area is 151 Å². The fraction of sp³-hybridized carbons (Fsp3) is 0.200. The Kier molecular flexibility index (Phi) is 5.14. The molecule has 1 atom stereocenters. The summed E-state index contributed by atoms with van der Waals surface area (Å²) in [4.78, 5) is 12.6. The second-order valence-electron chi connectivity index (χ2n) is 6.24. The maximum Gasteiger partial charge on any atom is 0.255 e. The van der Waals surface area contributed by atoms with Crippen molar-refractivity contribution in [2.24, 2.45) is 0 Å². The van der Waals surface area contributed by atoms with Gasteiger partial charge in [-0.2, -0.15) is 5.10 Å². The van der Waals surface area contributed by atoms with E-state index in [1.54, 1.807) is 29.9 Å². The summed E-state index contributed by atoms with van der Waals surface area (Å²) in [6, 6.07) is 13.6. The van der Waals surface area contributed by atoms with Crippen molar-refractivity contribution in [3.8, 4) is 16.9 Å². The molecule has 1 aromatic heterocycles. The molecular weight excluding hydrogens is 333 g/mol. The Morgan fingerprint density at radius 2 is 1.85 bits per heavy atom. The average Bonchev–Trinajstić information content (AvgIpc) is 3.06. The first-order valence-electron chi connectivity index (χ1n) is 8.33. The molecule has 26 heavy (non-hydrogen) atoms. The van der Waals surface area contributed by atoms with E-state index in [-0.39, 0.29) is 18.3 Å². The molecule has 3 aromatic rings. The van der Waals surface area contributed by atoms with E-state index >= 15 is 0 Å². The Morgan fingerprint density at radius 1 is 1.19 bits per heavy atom. The van der Waals surface area contributed by atoms with E-state index in [2.05, 4.69) is 10.4 Å². The molecule has 2 aromatic carbocycles. The van der Waals surface area contributed by atoms with Crippen LogP contribution in [0, 0.1) is 12.7 Å². The molecule has 0 saturated carbocycles. The number of rotatable bonds is 5. The molecule has 0 saturated heterocycles. The molecule has 1 heterocycles. The molecule has 3 rings (SSSR count). The van der Waals surface area contributed by atoms with E-state index in [4.69, 9.17) is 0 Å². The number of aliphatic hydroxyl groups is 1. The SMILES string of the molecule is Cc1ccc(-c2nn(-c3ccc(F)cc3)cc2C(=O)NCC(C)O)cc1. The number of aliphatic hydroxyl groups excluding tert-OH is 1. The highest BCUT2D eigenvalue weighted by atomic mass is 19.1. The van der Waals surface area contributed by atoms with E-state index in [0.717, 1.165) is 11.1 Å². The molecule has 1 unspecified atom stereocenters. The summed E-state index contributed by atoms with van der Waals surface area (Å²) in [5, 5.41) is 16.6. The van der Waals surface area contributed by atoms with Gasteiger partial charge in [0.05, 0.1) is 17.4 Å². The number of halogens is 1. The number of aromatic nitrogens is 2. The molecule has 0 aliphatic carbocycles. The van der Waals surface area contributed by atoms with Gasteiger partial charge in [0, 0.05) is 18.3 Å². The highest BCUT2D eigenvalue weighted by molar-refractivity contribution is 5.99. The summed E-state index contributed by atoms with van der Waals surface area (Å²) in [5.74, 6) is -0.663. The van der Waals surface area contributed by atoms with Crippen LogP contribution in [-0.4, -0.2) is 33.4 Å². The largest absolute Gasteiger partial charge is 0.392 e. The van der Waals surface area contributed by atoms with Gasteiger partial charge >= 0.3 is 0 Å². The summed E-state index contributed by atoms with van der Waals surface area (Å²) >= 11 is 0. The lowest BCUT2D eigenvalue weighted by Crippen LogP contribution is -2.30. The Hall–Kier alpha value is -2.99. The zero-order chi connectivity index (χ0) is 18.7. The number of hydrogen-bond donors (Lipinski definition) is 2. The topological polar surface area (TPSA) is 67.2 Å². The van der Waals surface area contributed by atoms with E-state index in [0.29, 0.717) is 16.9 Å². The standard InChI is InChI=1S/C20H20FN3O2/c1-13-3-5-15(6-4-13)19-18(20(26)22-11-14(2)25)12-24(23-19)17-9-7-16(21)8-10-17/h3-10,12,14,25H,11H2,1-2H3,(H,22,26). The van der Waals surface area contributed by atoms with Crippen molar-refractivity contribution in [1.82, 2.24) is 15.1 Å². The molecular formula is C20H20FN3O2. The van der Waals surface area contributed by atoms with Gasteiger partial charge in [-0.05, 0) is 38.1 Å². The summed E-state index contributed by atoms with van der Waals surface area (Å²) in [6.07, 6.45) is 0.966. The highest BCUT2D eigenvalue weighted by Gasteiger charge is 2.19. The first kappa shape index (κ1) is 17.8. The molecule has 0 bridgehead atoms. The van der Waals surface area contributed by atoms with Crippen molar-refractivity contribution >= 4 is 5.91 Å². The monoisotopic (exact) mass is 353 g/mol. The quantitative estimate of drug-likeness (QED) is 0.741. The maximum atomic E-state index is 13.2. The summed E-state index contributed by atoms with van der Waals surface area (Å²) < 4.78 is 14.7. The third-order valence-corrected chi connectivity index (χ3v) is 3.93. The van der Waals surface area contributed by atoms with Crippen LogP contribution in [0.25, 0.3) is 16.9 Å². The lowest BCUT2D eigenvalue weighted by Gasteiger charge is -2.07. The average molecular weight is 353 g/mol. The molecule has 5 nitrogen and oxygen atoms in total. The first-order valence-corrected chi connectivity index (χ1v) is 8.33. The number of nitrogens with zero attached hydrogens (tertiary/aromatic N) is 2. The van der Waals surface area contributed by atoms with Crippen molar-refractivity contribution in [3.63, 3.8) is 0 Å². The molecule has 2 N–H and O–H groups in total. The van der Waals surface area contributed by atoms with Gasteiger partial charge in [-0.1, -0.05) is 29.8 Å². The molecule has 1 amide bonds. The van der Waals surface area contributed by atoms with Crippen LogP contribution in [0.1, 0.15) is 22.8 Å². The maximum absolute atomic E-state index is 13.2. The predicted molar refractivity (Wildman–Crippen MR) is 97.7 cm³/mol. The minimum Gasteiger partial charge on any atom is -0.392 e. The zero-order valence-electron chi connectivity index (χ0n) is 14.6. The summed E-state index contributed by atoms with van der Waals surface area (Å²) in [7, 11) is 0.